The van der Waals surface area contributed by atoms with E-state index < -0.39 is 30.0 Å². The minimum Gasteiger partial charge on any atom is -0.465 e. The van der Waals surface area contributed by atoms with Gasteiger partial charge in [-0.2, -0.15) is 0 Å². The van der Waals surface area contributed by atoms with Crippen LogP contribution < -0.4 is 10.8 Å². The van der Waals surface area contributed by atoms with E-state index in [0.29, 0.717) is 6.42 Å². The van der Waals surface area contributed by atoms with E-state index in [4.69, 9.17) is 14.4 Å². The van der Waals surface area contributed by atoms with E-state index >= 15 is 0 Å². The molecule has 1 saturated heterocycles. The van der Waals surface area contributed by atoms with Crippen LogP contribution in [-0.4, -0.2) is 40.0 Å². The first-order valence-corrected chi connectivity index (χ1v) is 8.57. The Hall–Kier alpha value is -1.60. The summed E-state index contributed by atoms with van der Waals surface area (Å²) in [4.78, 5) is 15.5. The summed E-state index contributed by atoms with van der Waals surface area (Å²) in [6.45, 7) is 15.8. The van der Waals surface area contributed by atoms with Gasteiger partial charge in [0.15, 0.2) is 0 Å². The molecule has 1 aliphatic rings. The molecule has 0 aromatic carbocycles. The zero-order valence-corrected chi connectivity index (χ0v) is 16.5. The Labute approximate surface area is 150 Å². The lowest BCUT2D eigenvalue weighted by Crippen LogP contribution is -2.45. The number of aromatic nitrogens is 1. The van der Waals surface area contributed by atoms with Gasteiger partial charge in [0.25, 0.3) is 0 Å². The largest absolute Gasteiger partial charge is 0.496 e. The molecule has 0 saturated carbocycles. The molecule has 0 radical (unpaired) electrons. The number of nitrogens with zero attached hydrogens (tertiary/aromatic N) is 1. The molecule has 2 N–H and O–H groups in total. The summed E-state index contributed by atoms with van der Waals surface area (Å²) >= 11 is 0. The van der Waals surface area contributed by atoms with Crippen molar-refractivity contribution in [3.8, 4) is 0 Å². The molecule has 25 heavy (non-hydrogen) atoms. The number of amides is 1. The summed E-state index contributed by atoms with van der Waals surface area (Å²) in [5.74, 6) is 0. The minimum absolute atomic E-state index is 0.420. The van der Waals surface area contributed by atoms with Gasteiger partial charge < -0.3 is 19.7 Å². The average Bonchev–Trinajstić information content (AvgIpc) is 2.60. The fraction of sp³-hybridized carbons (Fsp3) is 0.667. The molecule has 0 spiro atoms. The van der Waals surface area contributed by atoms with Gasteiger partial charge >= 0.3 is 13.2 Å². The van der Waals surface area contributed by atoms with Crippen LogP contribution in [0, 0.1) is 13.8 Å². The zero-order valence-electron chi connectivity index (χ0n) is 16.5. The Kier molecular flexibility index (Phi) is 4.96. The first-order chi connectivity index (χ1) is 11.3. The van der Waals surface area contributed by atoms with Crippen molar-refractivity contribution in [1.29, 1.82) is 0 Å². The van der Waals surface area contributed by atoms with E-state index in [1.165, 1.54) is 0 Å². The molecule has 0 bridgehead atoms. The smallest absolute Gasteiger partial charge is 0.465 e. The van der Waals surface area contributed by atoms with Crippen LogP contribution >= 0.6 is 0 Å². The molecule has 1 fully saturated rings. The molecule has 0 unspecified atom stereocenters. The standard InChI is InChI=1S/C18H29BN2O4/c1-11-13(9-16(3,4)21-15(22)23)10-20-12(2)14(11)19-24-17(5,6)18(7,8)25-19/h10,21H,9H2,1-8H3,(H,22,23). The van der Waals surface area contributed by atoms with Gasteiger partial charge in [0.1, 0.15) is 0 Å². The first kappa shape index (κ1) is 19.7. The molecule has 1 aliphatic heterocycles. The molecule has 0 atom stereocenters. The Bertz CT molecular complexity index is 670. The van der Waals surface area contributed by atoms with Crippen molar-refractivity contribution in [3.05, 3.63) is 23.0 Å². The van der Waals surface area contributed by atoms with Crippen molar-refractivity contribution in [2.75, 3.05) is 0 Å². The van der Waals surface area contributed by atoms with E-state index in [1.54, 1.807) is 0 Å². The number of pyridine rings is 1. The second-order valence-corrected chi connectivity index (χ2v) is 8.49. The fourth-order valence-corrected chi connectivity index (χ4v) is 3.08. The van der Waals surface area contributed by atoms with E-state index in [9.17, 15) is 4.79 Å². The Morgan fingerprint density at radius 3 is 2.24 bits per heavy atom. The van der Waals surface area contributed by atoms with Gasteiger partial charge in [-0.25, -0.2) is 4.79 Å². The number of rotatable bonds is 4. The van der Waals surface area contributed by atoms with Crippen molar-refractivity contribution >= 4 is 18.7 Å². The average molecular weight is 348 g/mol. The highest BCUT2D eigenvalue weighted by Gasteiger charge is 2.52. The molecule has 2 heterocycles. The molecular formula is C18H29BN2O4. The summed E-state index contributed by atoms with van der Waals surface area (Å²) in [6, 6.07) is 0. The predicted molar refractivity (Wildman–Crippen MR) is 98.4 cm³/mol. The van der Waals surface area contributed by atoms with Gasteiger partial charge in [-0.05, 0) is 72.9 Å². The summed E-state index contributed by atoms with van der Waals surface area (Å²) in [6.07, 6.45) is 1.31. The normalized spacial score (nSPS) is 19.1. The van der Waals surface area contributed by atoms with Crippen LogP contribution in [0.4, 0.5) is 4.79 Å². The second kappa shape index (κ2) is 6.29. The van der Waals surface area contributed by atoms with Crippen molar-refractivity contribution in [2.24, 2.45) is 0 Å². The molecule has 1 aromatic heterocycles. The highest BCUT2D eigenvalue weighted by Crippen LogP contribution is 2.37. The molecule has 1 amide bonds. The summed E-state index contributed by atoms with van der Waals surface area (Å²) in [5.41, 5.74) is 2.38. The molecule has 7 heteroatoms. The van der Waals surface area contributed by atoms with Crippen LogP contribution in [0.2, 0.25) is 0 Å². The quantitative estimate of drug-likeness (QED) is 0.818. The van der Waals surface area contributed by atoms with Crippen LogP contribution in [0.25, 0.3) is 0 Å². The molecule has 0 aliphatic carbocycles. The van der Waals surface area contributed by atoms with Gasteiger partial charge in [0.2, 0.25) is 0 Å². The van der Waals surface area contributed by atoms with Crippen molar-refractivity contribution in [1.82, 2.24) is 10.3 Å². The fourth-order valence-electron chi connectivity index (χ4n) is 3.08. The van der Waals surface area contributed by atoms with Crippen molar-refractivity contribution in [3.63, 3.8) is 0 Å². The monoisotopic (exact) mass is 348 g/mol. The lowest BCUT2D eigenvalue weighted by atomic mass is 9.73. The van der Waals surface area contributed by atoms with Crippen LogP contribution in [0.3, 0.4) is 0 Å². The number of hydrogen-bond acceptors (Lipinski definition) is 4. The highest BCUT2D eigenvalue weighted by molar-refractivity contribution is 6.63. The number of aryl methyl sites for hydroxylation is 1. The van der Waals surface area contributed by atoms with Crippen LogP contribution in [-0.2, 0) is 15.7 Å². The van der Waals surface area contributed by atoms with E-state index in [1.807, 2.05) is 61.6 Å². The van der Waals surface area contributed by atoms with Crippen molar-refractivity contribution < 1.29 is 19.2 Å². The predicted octanol–water partition coefficient (Wildman–Crippen LogP) is 2.59. The maximum Gasteiger partial charge on any atom is 0.496 e. The highest BCUT2D eigenvalue weighted by atomic mass is 16.7. The van der Waals surface area contributed by atoms with Gasteiger partial charge in [0.05, 0.1) is 11.2 Å². The Balaban J connectivity index is 2.37. The van der Waals surface area contributed by atoms with E-state index in [0.717, 1.165) is 22.3 Å². The van der Waals surface area contributed by atoms with Gasteiger partial charge in [-0.3, -0.25) is 4.98 Å². The van der Waals surface area contributed by atoms with Gasteiger partial charge in [0, 0.05) is 22.9 Å². The maximum atomic E-state index is 11.0. The first-order valence-electron chi connectivity index (χ1n) is 8.57. The van der Waals surface area contributed by atoms with Crippen LogP contribution in [0.5, 0.6) is 0 Å². The number of nitrogens with one attached hydrogen (secondary N) is 1. The third kappa shape index (κ3) is 3.98. The minimum atomic E-state index is -1.03. The second-order valence-electron chi connectivity index (χ2n) is 8.49. The topological polar surface area (TPSA) is 80.7 Å². The Morgan fingerprint density at radius 1 is 1.24 bits per heavy atom. The molecule has 2 rings (SSSR count). The third-order valence-corrected chi connectivity index (χ3v) is 5.26. The molecular weight excluding hydrogens is 319 g/mol. The van der Waals surface area contributed by atoms with Gasteiger partial charge in [-0.15, -0.1) is 0 Å². The molecule has 138 valence electrons. The Morgan fingerprint density at radius 2 is 1.76 bits per heavy atom. The van der Waals surface area contributed by atoms with Crippen LogP contribution in [0.1, 0.15) is 58.4 Å². The van der Waals surface area contributed by atoms with E-state index in [2.05, 4.69) is 10.3 Å². The maximum absolute atomic E-state index is 11.0. The molecule has 6 nitrogen and oxygen atoms in total. The van der Waals surface area contributed by atoms with Crippen molar-refractivity contribution in [2.45, 2.75) is 78.6 Å². The number of carboxylic acid groups (broad SMARTS) is 1. The molecule has 1 aromatic rings. The SMILES string of the molecule is Cc1ncc(CC(C)(C)NC(=O)O)c(C)c1B1OC(C)(C)C(C)(C)O1. The summed E-state index contributed by atoms with van der Waals surface area (Å²) in [5, 5.41) is 11.6. The number of carbonyl (C=O) groups is 1. The third-order valence-electron chi connectivity index (χ3n) is 5.26. The van der Waals surface area contributed by atoms with E-state index in [-0.39, 0.29) is 0 Å². The summed E-state index contributed by atoms with van der Waals surface area (Å²) in [7, 11) is -0.479. The number of hydrogen-bond donors (Lipinski definition) is 2. The lowest BCUT2D eigenvalue weighted by Gasteiger charge is -2.32. The lowest BCUT2D eigenvalue weighted by molar-refractivity contribution is 0.00578. The van der Waals surface area contributed by atoms with Gasteiger partial charge in [-0.1, -0.05) is 0 Å². The van der Waals surface area contributed by atoms with Crippen LogP contribution in [0.15, 0.2) is 6.20 Å². The zero-order chi connectivity index (χ0) is 19.2. The summed E-state index contributed by atoms with van der Waals surface area (Å²) < 4.78 is 12.4.